The van der Waals surface area contributed by atoms with E-state index in [1.54, 1.807) is 0 Å². The lowest BCUT2D eigenvalue weighted by molar-refractivity contribution is 0.426. The number of nitrogens with zero attached hydrogens (tertiary/aromatic N) is 2. The van der Waals surface area contributed by atoms with Crippen molar-refractivity contribution in [1.29, 1.82) is 0 Å². The van der Waals surface area contributed by atoms with Gasteiger partial charge in [0.1, 0.15) is 0 Å². The topological polar surface area (TPSA) is 29.9 Å². The SMILES string of the molecule is CCCNCc1ccn(CC2CCCC2)n1. The third-order valence-corrected chi connectivity index (χ3v) is 3.35. The van der Waals surface area contributed by atoms with Gasteiger partial charge in [0.2, 0.25) is 0 Å². The first-order valence-electron chi connectivity index (χ1n) is 6.61. The van der Waals surface area contributed by atoms with Gasteiger partial charge in [-0.2, -0.15) is 5.10 Å². The Balaban J connectivity index is 1.77. The molecule has 1 aliphatic rings. The average molecular weight is 221 g/mol. The molecule has 1 aliphatic carbocycles. The van der Waals surface area contributed by atoms with Crippen molar-refractivity contribution in [3.05, 3.63) is 18.0 Å². The highest BCUT2D eigenvalue weighted by Crippen LogP contribution is 2.25. The lowest BCUT2D eigenvalue weighted by Crippen LogP contribution is -2.15. The van der Waals surface area contributed by atoms with E-state index in [4.69, 9.17) is 0 Å². The molecule has 0 radical (unpaired) electrons. The van der Waals surface area contributed by atoms with Crippen molar-refractivity contribution in [3.8, 4) is 0 Å². The van der Waals surface area contributed by atoms with Crippen LogP contribution in [-0.4, -0.2) is 16.3 Å². The standard InChI is InChI=1S/C13H23N3/c1-2-8-14-10-13-7-9-16(15-13)11-12-5-3-4-6-12/h7,9,12,14H,2-6,8,10-11H2,1H3. The summed E-state index contributed by atoms with van der Waals surface area (Å²) in [6.45, 7) is 5.29. The molecule has 0 atom stereocenters. The second kappa shape index (κ2) is 6.04. The molecule has 0 aromatic carbocycles. The minimum absolute atomic E-state index is 0.872. The maximum Gasteiger partial charge on any atom is 0.0762 e. The molecule has 1 heterocycles. The zero-order chi connectivity index (χ0) is 11.2. The molecule has 1 aromatic rings. The van der Waals surface area contributed by atoms with Crippen molar-refractivity contribution in [2.45, 2.75) is 52.1 Å². The zero-order valence-electron chi connectivity index (χ0n) is 10.3. The molecule has 1 aromatic heterocycles. The summed E-state index contributed by atoms with van der Waals surface area (Å²) in [4.78, 5) is 0. The Morgan fingerprint density at radius 2 is 2.25 bits per heavy atom. The minimum atomic E-state index is 0.872. The van der Waals surface area contributed by atoms with E-state index in [1.807, 2.05) is 0 Å². The predicted molar refractivity (Wildman–Crippen MR) is 66.2 cm³/mol. The quantitative estimate of drug-likeness (QED) is 0.748. The number of hydrogen-bond acceptors (Lipinski definition) is 2. The van der Waals surface area contributed by atoms with E-state index in [-0.39, 0.29) is 0 Å². The molecular formula is C13H23N3. The summed E-state index contributed by atoms with van der Waals surface area (Å²) < 4.78 is 2.12. The van der Waals surface area contributed by atoms with Crippen LogP contribution < -0.4 is 5.32 Å². The second-order valence-electron chi connectivity index (χ2n) is 4.86. The van der Waals surface area contributed by atoms with Gasteiger partial charge < -0.3 is 5.32 Å². The largest absolute Gasteiger partial charge is 0.311 e. The Morgan fingerprint density at radius 1 is 1.44 bits per heavy atom. The fraction of sp³-hybridized carbons (Fsp3) is 0.769. The first kappa shape index (κ1) is 11.6. The third kappa shape index (κ3) is 3.34. The Hall–Kier alpha value is -0.830. The number of nitrogens with one attached hydrogen (secondary N) is 1. The molecule has 0 aliphatic heterocycles. The van der Waals surface area contributed by atoms with Crippen LogP contribution >= 0.6 is 0 Å². The van der Waals surface area contributed by atoms with E-state index >= 15 is 0 Å². The van der Waals surface area contributed by atoms with Gasteiger partial charge in [0, 0.05) is 19.3 Å². The monoisotopic (exact) mass is 221 g/mol. The lowest BCUT2D eigenvalue weighted by atomic mass is 10.1. The van der Waals surface area contributed by atoms with E-state index in [1.165, 1.54) is 37.8 Å². The van der Waals surface area contributed by atoms with Crippen molar-refractivity contribution < 1.29 is 0 Å². The summed E-state index contributed by atoms with van der Waals surface area (Å²) in [6.07, 6.45) is 8.92. The summed E-state index contributed by atoms with van der Waals surface area (Å²) in [5, 5.41) is 7.98. The molecule has 0 unspecified atom stereocenters. The van der Waals surface area contributed by atoms with Gasteiger partial charge in [-0.25, -0.2) is 0 Å². The first-order chi connectivity index (χ1) is 7.88. The van der Waals surface area contributed by atoms with Crippen molar-refractivity contribution in [2.75, 3.05) is 6.54 Å². The van der Waals surface area contributed by atoms with E-state index < -0.39 is 0 Å². The molecule has 0 saturated heterocycles. The second-order valence-corrected chi connectivity index (χ2v) is 4.86. The van der Waals surface area contributed by atoms with Gasteiger partial charge in [0.25, 0.3) is 0 Å². The van der Waals surface area contributed by atoms with Gasteiger partial charge in [0.05, 0.1) is 5.69 Å². The van der Waals surface area contributed by atoms with Crippen molar-refractivity contribution in [3.63, 3.8) is 0 Å². The van der Waals surface area contributed by atoms with Crippen molar-refractivity contribution in [2.24, 2.45) is 5.92 Å². The predicted octanol–water partition coefficient (Wildman–Crippen LogP) is 2.57. The zero-order valence-corrected chi connectivity index (χ0v) is 10.3. The summed E-state index contributed by atoms with van der Waals surface area (Å²) >= 11 is 0. The van der Waals surface area contributed by atoms with Gasteiger partial charge in [-0.15, -0.1) is 0 Å². The Kier molecular flexibility index (Phi) is 4.40. The normalized spacial score (nSPS) is 17.1. The van der Waals surface area contributed by atoms with Gasteiger partial charge >= 0.3 is 0 Å². The Labute approximate surface area is 98.2 Å². The van der Waals surface area contributed by atoms with Gasteiger partial charge in [0.15, 0.2) is 0 Å². The number of hydrogen-bond donors (Lipinski definition) is 1. The molecule has 0 bridgehead atoms. The lowest BCUT2D eigenvalue weighted by Gasteiger charge is -2.08. The van der Waals surface area contributed by atoms with Crippen LogP contribution in [0.5, 0.6) is 0 Å². The molecule has 1 fully saturated rings. The Bertz CT molecular complexity index is 300. The van der Waals surface area contributed by atoms with Gasteiger partial charge in [-0.3, -0.25) is 4.68 Å². The highest BCUT2D eigenvalue weighted by molar-refractivity contribution is 4.98. The molecule has 1 N–H and O–H groups in total. The molecular weight excluding hydrogens is 198 g/mol. The highest BCUT2D eigenvalue weighted by Gasteiger charge is 2.15. The van der Waals surface area contributed by atoms with Crippen LogP contribution in [-0.2, 0) is 13.1 Å². The smallest absolute Gasteiger partial charge is 0.0762 e. The fourth-order valence-electron chi connectivity index (χ4n) is 2.45. The van der Waals surface area contributed by atoms with Crippen LogP contribution in [0.15, 0.2) is 12.3 Å². The Morgan fingerprint density at radius 3 is 3.00 bits per heavy atom. The maximum atomic E-state index is 4.60. The van der Waals surface area contributed by atoms with Crippen molar-refractivity contribution >= 4 is 0 Å². The van der Waals surface area contributed by atoms with Crippen LogP contribution in [0.1, 0.15) is 44.7 Å². The van der Waals surface area contributed by atoms with Crippen LogP contribution in [0.3, 0.4) is 0 Å². The minimum Gasteiger partial charge on any atom is -0.311 e. The van der Waals surface area contributed by atoms with Gasteiger partial charge in [-0.05, 0) is 37.8 Å². The van der Waals surface area contributed by atoms with E-state index in [0.29, 0.717) is 0 Å². The molecule has 90 valence electrons. The summed E-state index contributed by atoms with van der Waals surface area (Å²) in [5.41, 5.74) is 1.17. The first-order valence-corrected chi connectivity index (χ1v) is 6.61. The maximum absolute atomic E-state index is 4.60. The van der Waals surface area contributed by atoms with E-state index in [0.717, 1.165) is 25.6 Å². The fourth-order valence-corrected chi connectivity index (χ4v) is 2.45. The van der Waals surface area contributed by atoms with Crippen LogP contribution in [0, 0.1) is 5.92 Å². The van der Waals surface area contributed by atoms with Crippen LogP contribution in [0.25, 0.3) is 0 Å². The summed E-state index contributed by atoms with van der Waals surface area (Å²) in [6, 6.07) is 2.14. The van der Waals surface area contributed by atoms with E-state index in [2.05, 4.69) is 34.3 Å². The average Bonchev–Trinajstić information content (AvgIpc) is 2.91. The van der Waals surface area contributed by atoms with Crippen LogP contribution in [0.4, 0.5) is 0 Å². The summed E-state index contributed by atoms with van der Waals surface area (Å²) in [7, 11) is 0. The highest BCUT2D eigenvalue weighted by atomic mass is 15.3. The van der Waals surface area contributed by atoms with E-state index in [9.17, 15) is 0 Å². The molecule has 3 heteroatoms. The summed E-state index contributed by atoms with van der Waals surface area (Å²) in [5.74, 6) is 0.872. The molecule has 0 spiro atoms. The molecule has 0 amide bonds. The van der Waals surface area contributed by atoms with Crippen molar-refractivity contribution in [1.82, 2.24) is 15.1 Å². The third-order valence-electron chi connectivity index (χ3n) is 3.35. The van der Waals surface area contributed by atoms with Gasteiger partial charge in [-0.1, -0.05) is 19.8 Å². The molecule has 1 saturated carbocycles. The number of aromatic nitrogens is 2. The number of rotatable bonds is 6. The van der Waals surface area contributed by atoms with Crippen LogP contribution in [0.2, 0.25) is 0 Å². The molecule has 2 rings (SSSR count). The molecule has 16 heavy (non-hydrogen) atoms. The molecule has 3 nitrogen and oxygen atoms in total.